The zero-order chi connectivity index (χ0) is 19.9. The lowest BCUT2D eigenvalue weighted by Gasteiger charge is -2.21. The molecule has 1 aromatic carbocycles. The predicted octanol–water partition coefficient (Wildman–Crippen LogP) is 4.07. The highest BCUT2D eigenvalue weighted by molar-refractivity contribution is 7.84. The van der Waals surface area contributed by atoms with Crippen LogP contribution in [0.4, 0.5) is 13.2 Å². The van der Waals surface area contributed by atoms with Gasteiger partial charge in [0.25, 0.3) is 12.4 Å². The van der Waals surface area contributed by atoms with Gasteiger partial charge in [-0.2, -0.15) is 0 Å². The Hall–Kier alpha value is -2.40. The Kier molecular flexibility index (Phi) is 8.26. The van der Waals surface area contributed by atoms with Gasteiger partial charge in [0, 0.05) is 11.3 Å². The summed E-state index contributed by atoms with van der Waals surface area (Å²) in [6.45, 7) is 3.16. The van der Waals surface area contributed by atoms with Gasteiger partial charge in [0.15, 0.2) is 6.10 Å². The van der Waals surface area contributed by atoms with Crippen molar-refractivity contribution in [2.45, 2.75) is 38.7 Å². The Morgan fingerprint density at radius 1 is 1.38 bits per heavy atom. The molecule has 0 radical (unpaired) electrons. The lowest BCUT2D eigenvalue weighted by atomic mass is 9.93. The van der Waals surface area contributed by atoms with Crippen LogP contribution in [0, 0.1) is 28.5 Å². The number of thiol groups is 1. The third-order valence-electron chi connectivity index (χ3n) is 3.36. The highest BCUT2D eigenvalue weighted by Gasteiger charge is 2.27. The minimum atomic E-state index is -2.85. The molecule has 8 heteroatoms. The van der Waals surface area contributed by atoms with E-state index in [1.807, 2.05) is 0 Å². The minimum absolute atomic E-state index is 0.211. The summed E-state index contributed by atoms with van der Waals surface area (Å²) in [7, 11) is 0. The maximum atomic E-state index is 14.1. The number of nitrogens with two attached hydrogens (primary N) is 1. The van der Waals surface area contributed by atoms with Crippen molar-refractivity contribution >= 4 is 24.4 Å². The fourth-order valence-electron chi connectivity index (χ4n) is 2.22. The largest absolute Gasteiger partial charge is 0.456 e. The second-order valence-corrected chi connectivity index (χ2v) is 6.17. The van der Waals surface area contributed by atoms with Gasteiger partial charge in [0.2, 0.25) is 0 Å². The van der Waals surface area contributed by atoms with Crippen LogP contribution in [0.25, 0.3) is 0 Å². The first kappa shape index (κ1) is 21.6. The first-order valence-corrected chi connectivity index (χ1v) is 8.11. The molecular weight excluding hydrogens is 363 g/mol. The van der Waals surface area contributed by atoms with Crippen molar-refractivity contribution in [3.05, 3.63) is 46.1 Å². The molecule has 1 rings (SSSR count). The van der Waals surface area contributed by atoms with Crippen LogP contribution in [0.15, 0.2) is 29.2 Å². The van der Waals surface area contributed by atoms with Crippen LogP contribution in [0.5, 0.6) is 0 Å². The molecule has 2 atom stereocenters. The Balaban J connectivity index is 3.04. The normalized spacial score (nSPS) is 13.6. The summed E-state index contributed by atoms with van der Waals surface area (Å²) >= 11 is 4.13. The van der Waals surface area contributed by atoms with Gasteiger partial charge >= 0.3 is 0 Å². The zero-order valence-corrected chi connectivity index (χ0v) is 15.2. The highest BCUT2D eigenvalue weighted by Crippen LogP contribution is 2.27. The van der Waals surface area contributed by atoms with E-state index in [2.05, 4.69) is 29.2 Å². The van der Waals surface area contributed by atoms with Crippen molar-refractivity contribution in [2.75, 3.05) is 0 Å². The number of ether oxygens (including phenoxy) is 1. The summed E-state index contributed by atoms with van der Waals surface area (Å²) in [6, 6.07) is 3.34. The Bertz CT molecular complexity index is 769. The molecule has 4 N–H and O–H groups in total. The first-order chi connectivity index (χ1) is 12.1. The van der Waals surface area contributed by atoms with Crippen LogP contribution in [-0.2, 0) is 4.74 Å². The van der Waals surface area contributed by atoms with Crippen molar-refractivity contribution in [1.29, 1.82) is 10.8 Å². The van der Waals surface area contributed by atoms with Gasteiger partial charge < -0.3 is 15.9 Å². The molecule has 26 heavy (non-hydrogen) atoms. The molecule has 0 aliphatic heterocycles. The zero-order valence-electron chi connectivity index (χ0n) is 14.3. The molecule has 0 heterocycles. The Morgan fingerprint density at radius 3 is 2.58 bits per heavy atom. The van der Waals surface area contributed by atoms with Crippen molar-refractivity contribution in [1.82, 2.24) is 0 Å². The number of alkyl halides is 2. The number of benzene rings is 1. The molecule has 0 saturated carbocycles. The van der Waals surface area contributed by atoms with Gasteiger partial charge in [0.1, 0.15) is 5.82 Å². The van der Waals surface area contributed by atoms with E-state index in [1.165, 1.54) is 24.3 Å². The Morgan fingerprint density at radius 2 is 2.04 bits per heavy atom. The van der Waals surface area contributed by atoms with Gasteiger partial charge in [-0.25, -0.2) is 13.2 Å². The summed E-state index contributed by atoms with van der Waals surface area (Å²) < 4.78 is 44.7. The average molecular weight is 383 g/mol. The number of hydrogen-bond donors (Lipinski definition) is 4. The van der Waals surface area contributed by atoms with Gasteiger partial charge in [0.05, 0.1) is 4.91 Å². The topological polar surface area (TPSA) is 83.0 Å². The molecule has 0 fully saturated rings. The second kappa shape index (κ2) is 9.92. The monoisotopic (exact) mass is 383 g/mol. The number of halogens is 3. The summed E-state index contributed by atoms with van der Waals surface area (Å²) in [5.74, 6) is 4.36. The number of nitrogens with one attached hydrogen (secondary N) is 2. The average Bonchev–Trinajstić information content (AvgIpc) is 2.52. The highest BCUT2D eigenvalue weighted by atomic mass is 32.1. The molecule has 0 aliphatic carbocycles. The number of rotatable bonds is 6. The van der Waals surface area contributed by atoms with Crippen LogP contribution >= 0.6 is 12.6 Å². The maximum Gasteiger partial charge on any atom is 0.279 e. The van der Waals surface area contributed by atoms with E-state index in [-0.39, 0.29) is 12.0 Å². The molecular formula is C18H20F3N3OS. The van der Waals surface area contributed by atoms with Gasteiger partial charge in [-0.1, -0.05) is 18.8 Å². The van der Waals surface area contributed by atoms with Gasteiger partial charge in [-0.05, 0) is 49.1 Å². The lowest BCUT2D eigenvalue weighted by Crippen LogP contribution is -2.30. The van der Waals surface area contributed by atoms with Gasteiger partial charge in [-0.15, -0.1) is 12.6 Å². The number of amidine groups is 1. The molecule has 4 nitrogen and oxygen atoms in total. The summed E-state index contributed by atoms with van der Waals surface area (Å²) in [5, 5.41) is 14.3. The summed E-state index contributed by atoms with van der Waals surface area (Å²) in [5.41, 5.74) is 6.00. The van der Waals surface area contributed by atoms with E-state index in [4.69, 9.17) is 16.6 Å². The van der Waals surface area contributed by atoms with Gasteiger partial charge in [-0.3, -0.25) is 5.41 Å². The van der Waals surface area contributed by atoms with E-state index in [0.717, 1.165) is 0 Å². The molecule has 0 spiro atoms. The third-order valence-corrected chi connectivity index (χ3v) is 3.60. The van der Waals surface area contributed by atoms with Crippen molar-refractivity contribution in [3.8, 4) is 11.8 Å². The maximum absolute atomic E-state index is 14.1. The van der Waals surface area contributed by atoms with Crippen LogP contribution in [0.1, 0.15) is 37.3 Å². The van der Waals surface area contributed by atoms with Crippen LogP contribution in [0.3, 0.4) is 0 Å². The molecule has 0 amide bonds. The van der Waals surface area contributed by atoms with E-state index in [9.17, 15) is 13.2 Å². The van der Waals surface area contributed by atoms with E-state index in [1.54, 1.807) is 13.8 Å². The van der Waals surface area contributed by atoms with Crippen LogP contribution < -0.4 is 5.73 Å². The van der Waals surface area contributed by atoms with Crippen LogP contribution in [-0.4, -0.2) is 24.3 Å². The molecule has 0 saturated heterocycles. The molecule has 1 aromatic rings. The predicted molar refractivity (Wildman–Crippen MR) is 99.6 cm³/mol. The first-order valence-electron chi connectivity index (χ1n) is 7.66. The fourth-order valence-corrected chi connectivity index (χ4v) is 2.47. The molecule has 140 valence electrons. The van der Waals surface area contributed by atoms with Crippen molar-refractivity contribution in [3.63, 3.8) is 0 Å². The quantitative estimate of drug-likeness (QED) is 0.258. The minimum Gasteiger partial charge on any atom is -0.456 e. The molecule has 0 bridgehead atoms. The number of hydrogen-bond acceptors (Lipinski definition) is 4. The summed E-state index contributed by atoms with van der Waals surface area (Å²) in [4.78, 5) is 0.379. The van der Waals surface area contributed by atoms with Crippen LogP contribution in [0.2, 0.25) is 0 Å². The third kappa shape index (κ3) is 7.23. The molecule has 0 aliphatic rings. The molecule has 0 unspecified atom stereocenters. The summed E-state index contributed by atoms with van der Waals surface area (Å²) in [6.07, 6.45) is -3.20. The van der Waals surface area contributed by atoms with E-state index >= 15 is 0 Å². The fraction of sp³-hybridized carbons (Fsp3) is 0.333. The number of allylic oxidation sites excluding steroid dienone is 2. The molecule has 0 aromatic heterocycles. The lowest BCUT2D eigenvalue weighted by molar-refractivity contribution is -0.00484. The van der Waals surface area contributed by atoms with E-state index < -0.39 is 30.3 Å². The SMILES string of the molecule is CC(=N)/C=C(\S)C#Cc1ccc(F)c([C@H](C)C[C@H](OC(=N)N)C(F)F)c1. The standard InChI is InChI=1S/C18H20F3N3OS/c1-10(7-16(17(20)21)25-18(23)24)14-9-12(4-6-15(14)19)3-5-13(26)8-11(2)22/h4,6,8-10,16-17,22,26H,7H2,1-2H3,(H3,23,24)/b13-8-,22-11?/t10-,16+/m1/s1. The van der Waals surface area contributed by atoms with Crippen molar-refractivity contribution in [2.24, 2.45) is 5.73 Å². The van der Waals surface area contributed by atoms with E-state index in [0.29, 0.717) is 16.2 Å². The second-order valence-electron chi connectivity index (χ2n) is 5.69. The Labute approximate surface area is 156 Å². The van der Waals surface area contributed by atoms with Crippen molar-refractivity contribution < 1.29 is 17.9 Å². The smallest absolute Gasteiger partial charge is 0.279 e.